The molecule has 128 valence electrons. The van der Waals surface area contributed by atoms with Gasteiger partial charge in [0, 0.05) is 5.56 Å². The Morgan fingerprint density at radius 2 is 1.46 bits per heavy atom. The Hall–Kier alpha value is -3.53. The van der Waals surface area contributed by atoms with Crippen LogP contribution in [0.4, 0.5) is 4.39 Å². The zero-order chi connectivity index (χ0) is 18.4. The van der Waals surface area contributed by atoms with Gasteiger partial charge in [0.05, 0.1) is 5.56 Å². The molecule has 0 amide bonds. The molecule has 0 radical (unpaired) electrons. The van der Waals surface area contributed by atoms with Gasteiger partial charge in [0.15, 0.2) is 5.78 Å². The molecule has 0 fully saturated rings. The maximum Gasteiger partial charge on any atom is 0.346 e. The SMILES string of the molecule is O=C(/C=C/c1ccccc1)c1ccc(OC(=O)c2ccccc2F)cc1. The molecule has 0 aliphatic carbocycles. The molecule has 0 saturated carbocycles. The lowest BCUT2D eigenvalue weighted by Gasteiger charge is -2.05. The fourth-order valence-corrected chi connectivity index (χ4v) is 2.31. The molecule has 0 heterocycles. The smallest absolute Gasteiger partial charge is 0.346 e. The van der Waals surface area contributed by atoms with Crippen LogP contribution in [-0.4, -0.2) is 11.8 Å². The maximum absolute atomic E-state index is 13.6. The normalized spacial score (nSPS) is 10.7. The van der Waals surface area contributed by atoms with Crippen LogP contribution in [0.1, 0.15) is 26.3 Å². The number of benzene rings is 3. The third-order valence-corrected chi connectivity index (χ3v) is 3.67. The van der Waals surface area contributed by atoms with Gasteiger partial charge in [-0.3, -0.25) is 4.79 Å². The predicted molar refractivity (Wildman–Crippen MR) is 97.6 cm³/mol. The fraction of sp³-hybridized carbons (Fsp3) is 0. The molecule has 0 spiro atoms. The van der Waals surface area contributed by atoms with E-state index < -0.39 is 11.8 Å². The molecule has 4 heteroatoms. The zero-order valence-electron chi connectivity index (χ0n) is 13.8. The van der Waals surface area contributed by atoms with Crippen molar-refractivity contribution in [2.75, 3.05) is 0 Å². The second kappa shape index (κ2) is 8.03. The Balaban J connectivity index is 1.67. The van der Waals surface area contributed by atoms with Gasteiger partial charge < -0.3 is 4.74 Å². The minimum absolute atomic E-state index is 0.140. The topological polar surface area (TPSA) is 43.4 Å². The van der Waals surface area contributed by atoms with Gasteiger partial charge in [-0.1, -0.05) is 48.5 Å². The minimum atomic E-state index is -0.786. The summed E-state index contributed by atoms with van der Waals surface area (Å²) in [7, 11) is 0. The second-order valence-electron chi connectivity index (χ2n) is 5.50. The number of allylic oxidation sites excluding steroid dienone is 1. The van der Waals surface area contributed by atoms with Crippen molar-refractivity contribution in [2.45, 2.75) is 0 Å². The number of halogens is 1. The first kappa shape index (κ1) is 17.3. The van der Waals surface area contributed by atoms with Gasteiger partial charge in [-0.25, -0.2) is 9.18 Å². The fourth-order valence-electron chi connectivity index (χ4n) is 2.31. The molecule has 3 nitrogen and oxygen atoms in total. The van der Waals surface area contributed by atoms with E-state index in [1.165, 1.54) is 36.4 Å². The van der Waals surface area contributed by atoms with Crippen molar-refractivity contribution in [1.29, 1.82) is 0 Å². The molecule has 0 aliphatic heterocycles. The van der Waals surface area contributed by atoms with Crippen LogP contribution in [0.15, 0.2) is 84.9 Å². The van der Waals surface area contributed by atoms with E-state index in [-0.39, 0.29) is 17.1 Å². The first-order chi connectivity index (χ1) is 12.6. The third kappa shape index (κ3) is 4.30. The quantitative estimate of drug-likeness (QED) is 0.284. The molecule has 0 aromatic heterocycles. The highest BCUT2D eigenvalue weighted by atomic mass is 19.1. The van der Waals surface area contributed by atoms with Crippen molar-refractivity contribution in [1.82, 2.24) is 0 Å². The lowest BCUT2D eigenvalue weighted by Crippen LogP contribution is -2.10. The molecule has 0 atom stereocenters. The van der Waals surface area contributed by atoms with Crippen molar-refractivity contribution in [3.05, 3.63) is 107 Å². The van der Waals surface area contributed by atoms with Crippen molar-refractivity contribution in [3.63, 3.8) is 0 Å². The molecular formula is C22H15FO3. The standard InChI is InChI=1S/C22H15FO3/c23-20-9-5-4-8-19(20)22(25)26-18-13-11-17(12-14-18)21(24)15-10-16-6-2-1-3-7-16/h1-15H/b15-10+. The van der Waals surface area contributed by atoms with Crippen LogP contribution in [0, 0.1) is 5.82 Å². The first-order valence-corrected chi connectivity index (χ1v) is 7.98. The van der Waals surface area contributed by atoms with Crippen molar-refractivity contribution < 1.29 is 18.7 Å². The number of carbonyl (C=O) groups excluding carboxylic acids is 2. The first-order valence-electron chi connectivity index (χ1n) is 7.98. The van der Waals surface area contributed by atoms with Gasteiger partial charge in [-0.15, -0.1) is 0 Å². The van der Waals surface area contributed by atoms with Crippen LogP contribution >= 0.6 is 0 Å². The van der Waals surface area contributed by atoms with Gasteiger partial charge >= 0.3 is 5.97 Å². The summed E-state index contributed by atoms with van der Waals surface area (Å²) < 4.78 is 18.7. The average molecular weight is 346 g/mol. The lowest BCUT2D eigenvalue weighted by atomic mass is 10.1. The van der Waals surface area contributed by atoms with Crippen molar-refractivity contribution >= 4 is 17.8 Å². The number of carbonyl (C=O) groups is 2. The van der Waals surface area contributed by atoms with E-state index in [0.717, 1.165) is 5.56 Å². The van der Waals surface area contributed by atoms with E-state index >= 15 is 0 Å². The highest BCUT2D eigenvalue weighted by Gasteiger charge is 2.13. The Kier molecular flexibility index (Phi) is 5.34. The monoisotopic (exact) mass is 346 g/mol. The molecule has 3 rings (SSSR count). The number of rotatable bonds is 5. The van der Waals surface area contributed by atoms with Crippen LogP contribution in [0.25, 0.3) is 6.08 Å². The van der Waals surface area contributed by atoms with Crippen LogP contribution < -0.4 is 4.74 Å². The van der Waals surface area contributed by atoms with Gasteiger partial charge in [0.2, 0.25) is 0 Å². The molecule has 26 heavy (non-hydrogen) atoms. The molecule has 0 saturated heterocycles. The van der Waals surface area contributed by atoms with Crippen LogP contribution in [-0.2, 0) is 0 Å². The summed E-state index contributed by atoms with van der Waals surface area (Å²) in [6, 6.07) is 21.2. The lowest BCUT2D eigenvalue weighted by molar-refractivity contribution is 0.0730. The number of esters is 1. The van der Waals surface area contributed by atoms with E-state index in [0.29, 0.717) is 5.56 Å². The highest BCUT2D eigenvalue weighted by Crippen LogP contribution is 2.16. The summed E-state index contributed by atoms with van der Waals surface area (Å²) in [5, 5.41) is 0. The number of ether oxygens (including phenoxy) is 1. The van der Waals surface area contributed by atoms with E-state index in [1.807, 2.05) is 30.3 Å². The number of hydrogen-bond donors (Lipinski definition) is 0. The molecule has 3 aromatic rings. The predicted octanol–water partition coefficient (Wildman–Crippen LogP) is 4.94. The number of ketones is 1. The summed E-state index contributed by atoms with van der Waals surface area (Å²) in [5.41, 5.74) is 1.25. The van der Waals surface area contributed by atoms with E-state index in [4.69, 9.17) is 4.74 Å². The Morgan fingerprint density at radius 1 is 0.808 bits per heavy atom. The highest BCUT2D eigenvalue weighted by molar-refractivity contribution is 6.06. The van der Waals surface area contributed by atoms with Crippen LogP contribution in [0.2, 0.25) is 0 Å². The Bertz CT molecular complexity index is 945. The summed E-state index contributed by atoms with van der Waals surface area (Å²) in [4.78, 5) is 24.1. The summed E-state index contributed by atoms with van der Waals surface area (Å²) in [5.74, 6) is -1.36. The Morgan fingerprint density at radius 3 is 2.15 bits per heavy atom. The number of hydrogen-bond acceptors (Lipinski definition) is 3. The van der Waals surface area contributed by atoms with Gasteiger partial charge in [0.1, 0.15) is 11.6 Å². The molecule has 0 N–H and O–H groups in total. The molecule has 0 bridgehead atoms. The summed E-state index contributed by atoms with van der Waals surface area (Å²) >= 11 is 0. The largest absolute Gasteiger partial charge is 0.423 e. The Labute approximate surface area is 150 Å². The van der Waals surface area contributed by atoms with Gasteiger partial charge in [-0.05, 0) is 48.0 Å². The maximum atomic E-state index is 13.6. The van der Waals surface area contributed by atoms with E-state index in [2.05, 4.69) is 0 Å². The van der Waals surface area contributed by atoms with E-state index in [9.17, 15) is 14.0 Å². The van der Waals surface area contributed by atoms with Crippen molar-refractivity contribution in [2.24, 2.45) is 0 Å². The van der Waals surface area contributed by atoms with Crippen molar-refractivity contribution in [3.8, 4) is 5.75 Å². The molecule has 3 aromatic carbocycles. The molecule has 0 aliphatic rings. The second-order valence-corrected chi connectivity index (χ2v) is 5.50. The third-order valence-electron chi connectivity index (χ3n) is 3.67. The molecular weight excluding hydrogens is 331 g/mol. The molecule has 0 unspecified atom stereocenters. The zero-order valence-corrected chi connectivity index (χ0v) is 13.8. The summed E-state index contributed by atoms with van der Waals surface area (Å²) in [6.07, 6.45) is 3.21. The van der Waals surface area contributed by atoms with Crippen LogP contribution in [0.3, 0.4) is 0 Å². The summed E-state index contributed by atoms with van der Waals surface area (Å²) in [6.45, 7) is 0. The van der Waals surface area contributed by atoms with E-state index in [1.54, 1.807) is 24.3 Å². The van der Waals surface area contributed by atoms with Crippen LogP contribution in [0.5, 0.6) is 5.75 Å². The average Bonchev–Trinajstić information content (AvgIpc) is 2.68. The minimum Gasteiger partial charge on any atom is -0.423 e. The van der Waals surface area contributed by atoms with Gasteiger partial charge in [0.25, 0.3) is 0 Å². The van der Waals surface area contributed by atoms with Gasteiger partial charge in [-0.2, -0.15) is 0 Å².